The summed E-state index contributed by atoms with van der Waals surface area (Å²) in [6, 6.07) is 12.6. The van der Waals surface area contributed by atoms with E-state index in [2.05, 4.69) is 46.2 Å². The smallest absolute Gasteiger partial charge is 0.266 e. The lowest BCUT2D eigenvalue weighted by molar-refractivity contribution is 0.335. The SMILES string of the molecule is C=Cc1cn(-c2c(F)cccc2Cl)c(=O)c2cnc(Nc3ccc(C4(C)CCNCC4)cc3)nc12. The van der Waals surface area contributed by atoms with Gasteiger partial charge in [-0.1, -0.05) is 49.4 Å². The van der Waals surface area contributed by atoms with Gasteiger partial charge in [-0.15, -0.1) is 0 Å². The highest BCUT2D eigenvalue weighted by molar-refractivity contribution is 6.32. The fourth-order valence-electron chi connectivity index (χ4n) is 4.59. The maximum Gasteiger partial charge on any atom is 0.266 e. The van der Waals surface area contributed by atoms with Gasteiger partial charge >= 0.3 is 0 Å². The summed E-state index contributed by atoms with van der Waals surface area (Å²) in [5.74, 6) is -0.252. The second-order valence-electron chi connectivity index (χ2n) is 9.00. The molecule has 8 heteroatoms. The van der Waals surface area contributed by atoms with Crippen molar-refractivity contribution in [3.63, 3.8) is 0 Å². The standard InChI is InChI=1S/C27H25ClFN5O/c1-3-17-16-34(24-21(28)5-4-6-22(24)29)25(35)20-15-31-26(33-23(17)20)32-19-9-7-18(8-10-19)27(2)11-13-30-14-12-27/h3-10,15-16,30H,1,11-14H2,2H3,(H,31,32,33). The second-order valence-corrected chi connectivity index (χ2v) is 9.41. The number of para-hydroxylation sites is 1. The molecule has 0 amide bonds. The Morgan fingerprint density at radius 3 is 2.63 bits per heavy atom. The maximum atomic E-state index is 14.5. The van der Waals surface area contributed by atoms with Gasteiger partial charge in [0.25, 0.3) is 5.56 Å². The molecule has 35 heavy (non-hydrogen) atoms. The van der Waals surface area contributed by atoms with E-state index in [1.807, 2.05) is 12.1 Å². The predicted octanol–water partition coefficient (Wildman–Crippen LogP) is 5.60. The first-order chi connectivity index (χ1) is 16.9. The maximum absolute atomic E-state index is 14.5. The van der Waals surface area contributed by atoms with Crippen molar-refractivity contribution < 1.29 is 4.39 Å². The van der Waals surface area contributed by atoms with Crippen LogP contribution in [0.2, 0.25) is 5.02 Å². The summed E-state index contributed by atoms with van der Waals surface area (Å²) in [7, 11) is 0. The number of halogens is 2. The van der Waals surface area contributed by atoms with E-state index >= 15 is 0 Å². The third-order valence-corrected chi connectivity index (χ3v) is 7.03. The molecule has 2 N–H and O–H groups in total. The van der Waals surface area contributed by atoms with Gasteiger partial charge in [-0.2, -0.15) is 0 Å². The highest BCUT2D eigenvalue weighted by atomic mass is 35.5. The molecule has 0 atom stereocenters. The van der Waals surface area contributed by atoms with Crippen LogP contribution in [0.3, 0.4) is 0 Å². The minimum atomic E-state index is -0.602. The Morgan fingerprint density at radius 2 is 1.94 bits per heavy atom. The fourth-order valence-corrected chi connectivity index (χ4v) is 4.85. The molecule has 1 saturated heterocycles. The molecule has 5 rings (SSSR count). The molecule has 0 aliphatic carbocycles. The Morgan fingerprint density at radius 1 is 1.20 bits per heavy atom. The molecule has 0 radical (unpaired) electrons. The van der Waals surface area contributed by atoms with Gasteiger partial charge in [-0.25, -0.2) is 14.4 Å². The molecule has 0 unspecified atom stereocenters. The first kappa shape index (κ1) is 23.2. The number of nitrogens with one attached hydrogen (secondary N) is 2. The minimum Gasteiger partial charge on any atom is -0.324 e. The van der Waals surface area contributed by atoms with E-state index in [1.54, 1.807) is 6.08 Å². The molecule has 4 aromatic rings. The number of nitrogens with zero attached hydrogens (tertiary/aromatic N) is 3. The van der Waals surface area contributed by atoms with Crippen LogP contribution in [0, 0.1) is 5.82 Å². The van der Waals surface area contributed by atoms with Crippen LogP contribution < -0.4 is 16.2 Å². The third kappa shape index (κ3) is 4.33. The van der Waals surface area contributed by atoms with E-state index in [0.29, 0.717) is 17.0 Å². The number of fused-ring (bicyclic) bond motifs is 1. The largest absolute Gasteiger partial charge is 0.324 e. The van der Waals surface area contributed by atoms with Crippen LogP contribution >= 0.6 is 11.6 Å². The van der Waals surface area contributed by atoms with Crippen molar-refractivity contribution >= 4 is 40.2 Å². The quantitative estimate of drug-likeness (QED) is 0.382. The van der Waals surface area contributed by atoms with Crippen molar-refractivity contribution in [1.82, 2.24) is 19.9 Å². The van der Waals surface area contributed by atoms with Gasteiger partial charge in [0.05, 0.1) is 15.9 Å². The van der Waals surface area contributed by atoms with Crippen LogP contribution in [0.1, 0.15) is 30.9 Å². The molecule has 2 aromatic heterocycles. The number of aromatic nitrogens is 3. The summed E-state index contributed by atoms with van der Waals surface area (Å²) < 4.78 is 15.7. The molecule has 6 nitrogen and oxygen atoms in total. The van der Waals surface area contributed by atoms with E-state index in [1.165, 1.54) is 40.7 Å². The Hall–Kier alpha value is -3.55. The molecule has 3 heterocycles. The van der Waals surface area contributed by atoms with Crippen LogP contribution in [0.15, 0.2) is 66.2 Å². The van der Waals surface area contributed by atoms with Gasteiger partial charge in [-0.05, 0) is 61.2 Å². The summed E-state index contributed by atoms with van der Waals surface area (Å²) >= 11 is 6.20. The summed E-state index contributed by atoms with van der Waals surface area (Å²) in [5.41, 5.74) is 2.81. The average Bonchev–Trinajstić information content (AvgIpc) is 2.86. The molecular weight excluding hydrogens is 465 g/mol. The number of hydrogen-bond acceptors (Lipinski definition) is 5. The van der Waals surface area contributed by atoms with Crippen molar-refractivity contribution in [3.05, 3.63) is 93.8 Å². The van der Waals surface area contributed by atoms with Gasteiger partial charge in [0.1, 0.15) is 11.5 Å². The molecule has 1 aliphatic heterocycles. The van der Waals surface area contributed by atoms with Crippen molar-refractivity contribution in [2.75, 3.05) is 18.4 Å². The van der Waals surface area contributed by atoms with Crippen LogP contribution in [0.4, 0.5) is 16.0 Å². The van der Waals surface area contributed by atoms with Gasteiger partial charge in [-0.3, -0.25) is 9.36 Å². The lowest BCUT2D eigenvalue weighted by Crippen LogP contribution is -2.37. The van der Waals surface area contributed by atoms with Crippen molar-refractivity contribution in [2.45, 2.75) is 25.2 Å². The van der Waals surface area contributed by atoms with E-state index in [0.717, 1.165) is 31.6 Å². The Kier molecular flexibility index (Phi) is 6.13. The van der Waals surface area contributed by atoms with E-state index < -0.39 is 11.4 Å². The number of pyridine rings is 1. The van der Waals surface area contributed by atoms with Crippen LogP contribution in [-0.4, -0.2) is 27.6 Å². The van der Waals surface area contributed by atoms with Crippen molar-refractivity contribution in [1.29, 1.82) is 0 Å². The van der Waals surface area contributed by atoms with Crippen LogP contribution in [0.5, 0.6) is 0 Å². The van der Waals surface area contributed by atoms with E-state index in [-0.39, 0.29) is 21.5 Å². The van der Waals surface area contributed by atoms with Gasteiger partial charge in [0, 0.05) is 23.6 Å². The van der Waals surface area contributed by atoms with Gasteiger partial charge in [0.2, 0.25) is 5.95 Å². The Bertz CT molecular complexity index is 1460. The highest BCUT2D eigenvalue weighted by Gasteiger charge is 2.28. The number of anilines is 2. The Labute approximate surface area is 207 Å². The monoisotopic (exact) mass is 489 g/mol. The molecule has 1 aliphatic rings. The van der Waals surface area contributed by atoms with Crippen LogP contribution in [-0.2, 0) is 5.41 Å². The fraction of sp³-hybridized carbons (Fsp3) is 0.222. The molecule has 178 valence electrons. The normalized spacial score (nSPS) is 15.2. The zero-order valence-electron chi connectivity index (χ0n) is 19.3. The zero-order valence-corrected chi connectivity index (χ0v) is 20.1. The molecule has 1 fully saturated rings. The summed E-state index contributed by atoms with van der Waals surface area (Å²) in [6.07, 6.45) is 6.71. The van der Waals surface area contributed by atoms with Crippen LogP contribution in [0.25, 0.3) is 22.7 Å². The number of piperidine rings is 1. The predicted molar refractivity (Wildman–Crippen MR) is 139 cm³/mol. The summed E-state index contributed by atoms with van der Waals surface area (Å²) in [6.45, 7) is 8.19. The number of hydrogen-bond donors (Lipinski definition) is 2. The average molecular weight is 490 g/mol. The molecule has 0 spiro atoms. The lowest BCUT2D eigenvalue weighted by atomic mass is 9.75. The van der Waals surface area contributed by atoms with E-state index in [4.69, 9.17) is 11.6 Å². The summed E-state index contributed by atoms with van der Waals surface area (Å²) in [5, 5.41) is 6.99. The third-order valence-electron chi connectivity index (χ3n) is 6.72. The number of rotatable bonds is 5. The van der Waals surface area contributed by atoms with Crippen molar-refractivity contribution in [2.24, 2.45) is 0 Å². The van der Waals surface area contributed by atoms with E-state index in [9.17, 15) is 9.18 Å². The minimum absolute atomic E-state index is 0.0195. The highest BCUT2D eigenvalue weighted by Crippen LogP contribution is 2.33. The number of benzene rings is 2. The second kappa shape index (κ2) is 9.24. The topological polar surface area (TPSA) is 71.8 Å². The first-order valence-corrected chi connectivity index (χ1v) is 11.8. The first-order valence-electron chi connectivity index (χ1n) is 11.5. The molecule has 2 aromatic carbocycles. The molecule has 0 bridgehead atoms. The molecule has 0 saturated carbocycles. The van der Waals surface area contributed by atoms with Crippen molar-refractivity contribution in [3.8, 4) is 5.69 Å². The van der Waals surface area contributed by atoms with Gasteiger partial charge in [0.15, 0.2) is 0 Å². The molecular formula is C27H25ClFN5O. The van der Waals surface area contributed by atoms with Gasteiger partial charge < -0.3 is 10.6 Å². The zero-order chi connectivity index (χ0) is 24.6. The Balaban J connectivity index is 1.49. The summed E-state index contributed by atoms with van der Waals surface area (Å²) in [4.78, 5) is 22.1. The lowest BCUT2D eigenvalue weighted by Gasteiger charge is -2.34.